The van der Waals surface area contributed by atoms with Crippen LogP contribution in [-0.2, 0) is 38.1 Å². The average Bonchev–Trinajstić information content (AvgIpc) is 3.48. The molecule has 17 heteroatoms. The summed E-state index contributed by atoms with van der Waals surface area (Å²) in [6.07, 6.45) is -6.80. The second-order valence-electron chi connectivity index (χ2n) is 12.3. The summed E-state index contributed by atoms with van der Waals surface area (Å²) in [6.45, 7) is 7.00. The molecule has 4 atom stereocenters. The number of hydrogen-bond acceptors (Lipinski definition) is 13. The number of carbonyl (C=O) groups is 3. The van der Waals surface area contributed by atoms with Crippen molar-refractivity contribution >= 4 is 29.2 Å². The van der Waals surface area contributed by atoms with E-state index in [0.717, 1.165) is 0 Å². The predicted octanol–water partition coefficient (Wildman–Crippen LogP) is 3.64. The lowest BCUT2D eigenvalue weighted by molar-refractivity contribution is -0.201. The van der Waals surface area contributed by atoms with Crippen LogP contribution in [0.15, 0.2) is 18.5 Å². The Labute approximate surface area is 276 Å². The van der Waals surface area contributed by atoms with Crippen molar-refractivity contribution in [3.63, 3.8) is 0 Å². The van der Waals surface area contributed by atoms with Crippen LogP contribution in [0.25, 0.3) is 5.52 Å². The van der Waals surface area contributed by atoms with Crippen LogP contribution < -0.4 is 11.1 Å². The van der Waals surface area contributed by atoms with E-state index in [1.165, 1.54) is 30.9 Å². The fourth-order valence-electron chi connectivity index (χ4n) is 5.03. The number of ether oxygens (including phenoxy) is 5. The molecule has 0 amide bonds. The van der Waals surface area contributed by atoms with Crippen LogP contribution in [0.4, 0.5) is 19.0 Å². The van der Waals surface area contributed by atoms with Gasteiger partial charge >= 0.3 is 24.1 Å². The lowest BCUT2D eigenvalue weighted by atomic mass is 9.87. The van der Waals surface area contributed by atoms with E-state index in [9.17, 15) is 32.8 Å². The molecule has 14 nitrogen and oxygen atoms in total. The molecule has 266 valence electrons. The van der Waals surface area contributed by atoms with Crippen molar-refractivity contribution in [2.75, 3.05) is 26.2 Å². The Bertz CT molecular complexity index is 1450. The van der Waals surface area contributed by atoms with E-state index in [2.05, 4.69) is 15.4 Å². The Hall–Kier alpha value is -4.01. The van der Waals surface area contributed by atoms with Gasteiger partial charge in [-0.05, 0) is 44.7 Å². The van der Waals surface area contributed by atoms with Crippen molar-refractivity contribution in [3.05, 3.63) is 24.2 Å². The fraction of sp³-hybridized carbons (Fsp3) is 0.677. The summed E-state index contributed by atoms with van der Waals surface area (Å²) in [5.41, 5.74) is 4.50. The second kappa shape index (κ2) is 16.4. The van der Waals surface area contributed by atoms with Crippen LogP contribution in [-0.4, -0.2) is 83.0 Å². The number of nitrogens with two attached hydrogens (primary N) is 1. The van der Waals surface area contributed by atoms with Crippen molar-refractivity contribution in [1.29, 1.82) is 5.26 Å². The van der Waals surface area contributed by atoms with Crippen LogP contribution in [0, 0.1) is 29.1 Å². The SMILES string of the molecule is CO[C@](C#N)(COCN[C@@H](C)C(=O)O[C@H]1CC[C@H](C(F)(F)F)CC1)[C@@H](OC(=O)C(C)C)[C@@H](OC(=O)C(C)C)c1ccc2c(N)ncnn12. The minimum Gasteiger partial charge on any atom is -0.461 e. The molecule has 3 rings (SSSR count). The van der Waals surface area contributed by atoms with Gasteiger partial charge in [0.05, 0.1) is 36.8 Å². The van der Waals surface area contributed by atoms with Gasteiger partial charge in [-0.3, -0.25) is 19.7 Å². The molecule has 1 aliphatic rings. The number of hydrogen-bond donors (Lipinski definition) is 2. The molecular formula is C31H43F3N6O8. The minimum absolute atomic E-state index is 0.103. The summed E-state index contributed by atoms with van der Waals surface area (Å²) in [5.74, 6) is -4.63. The van der Waals surface area contributed by atoms with E-state index in [0.29, 0.717) is 5.52 Å². The van der Waals surface area contributed by atoms with Crippen LogP contribution in [0.5, 0.6) is 0 Å². The molecule has 0 bridgehead atoms. The summed E-state index contributed by atoms with van der Waals surface area (Å²) >= 11 is 0. The number of fused-ring (bicyclic) bond motifs is 1. The lowest BCUT2D eigenvalue weighted by Crippen LogP contribution is -2.54. The first-order valence-corrected chi connectivity index (χ1v) is 15.6. The number of nitrogen functional groups attached to an aromatic ring is 1. The van der Waals surface area contributed by atoms with Gasteiger partial charge in [0.25, 0.3) is 0 Å². The van der Waals surface area contributed by atoms with E-state index < -0.39 is 78.4 Å². The number of nitrogens with zero attached hydrogens (tertiary/aromatic N) is 4. The Balaban J connectivity index is 1.81. The highest BCUT2D eigenvalue weighted by atomic mass is 19.4. The van der Waals surface area contributed by atoms with Crippen molar-refractivity contribution < 1.29 is 51.2 Å². The molecule has 0 saturated heterocycles. The zero-order chi connectivity index (χ0) is 35.8. The van der Waals surface area contributed by atoms with Crippen molar-refractivity contribution in [3.8, 4) is 6.07 Å². The number of nitriles is 1. The molecule has 0 aromatic carbocycles. The number of anilines is 1. The Morgan fingerprint density at radius 2 is 1.67 bits per heavy atom. The van der Waals surface area contributed by atoms with E-state index in [-0.39, 0.29) is 43.9 Å². The van der Waals surface area contributed by atoms with Gasteiger partial charge in [-0.25, -0.2) is 9.50 Å². The van der Waals surface area contributed by atoms with E-state index in [4.69, 9.17) is 29.4 Å². The van der Waals surface area contributed by atoms with E-state index in [1.54, 1.807) is 33.8 Å². The number of carbonyl (C=O) groups excluding carboxylic acids is 3. The zero-order valence-corrected chi connectivity index (χ0v) is 27.8. The Morgan fingerprint density at radius 1 is 1.04 bits per heavy atom. The van der Waals surface area contributed by atoms with Gasteiger partial charge in [0.1, 0.15) is 30.1 Å². The van der Waals surface area contributed by atoms with Crippen LogP contribution in [0.2, 0.25) is 0 Å². The maximum Gasteiger partial charge on any atom is 0.391 e. The first kappa shape index (κ1) is 38.4. The molecule has 1 saturated carbocycles. The molecule has 3 N–H and O–H groups in total. The van der Waals surface area contributed by atoms with Crippen molar-refractivity contribution in [2.45, 2.75) is 96.4 Å². The van der Waals surface area contributed by atoms with Crippen LogP contribution >= 0.6 is 0 Å². The molecule has 0 spiro atoms. The highest BCUT2D eigenvalue weighted by molar-refractivity contribution is 5.75. The average molecular weight is 685 g/mol. The molecule has 0 aliphatic heterocycles. The summed E-state index contributed by atoms with van der Waals surface area (Å²) < 4.78 is 68.8. The number of aromatic nitrogens is 3. The third kappa shape index (κ3) is 9.32. The van der Waals surface area contributed by atoms with E-state index in [1.807, 2.05) is 6.07 Å². The van der Waals surface area contributed by atoms with Crippen LogP contribution in [0.3, 0.4) is 0 Å². The largest absolute Gasteiger partial charge is 0.461 e. The zero-order valence-electron chi connectivity index (χ0n) is 27.8. The quantitative estimate of drug-likeness (QED) is 0.120. The fourth-order valence-corrected chi connectivity index (χ4v) is 5.03. The highest BCUT2D eigenvalue weighted by Gasteiger charge is 2.51. The number of alkyl halides is 3. The van der Waals surface area contributed by atoms with E-state index >= 15 is 0 Å². The summed E-state index contributed by atoms with van der Waals surface area (Å²) in [4.78, 5) is 42.6. The smallest absolute Gasteiger partial charge is 0.391 e. The molecule has 0 unspecified atom stereocenters. The number of nitrogens with one attached hydrogen (secondary N) is 1. The summed E-state index contributed by atoms with van der Waals surface area (Å²) in [6, 6.07) is 4.21. The van der Waals surface area contributed by atoms with Gasteiger partial charge in [-0.1, -0.05) is 27.7 Å². The van der Waals surface area contributed by atoms with Gasteiger partial charge in [0.15, 0.2) is 18.0 Å². The summed E-state index contributed by atoms with van der Waals surface area (Å²) in [7, 11) is 1.20. The standard InChI is InChI=1S/C31H43F3N6O8/c1-17(2)27(41)47-24(22-11-12-23-26(36)37-15-39-40(22)23)25(48-28(42)18(3)4)30(13-35,44-6)14-45-16-38-19(5)29(43)46-21-9-7-20(8-10-21)31(32,33)34/h11-12,15,17-21,24-25,38H,7-10,14,16H2,1-6H3,(H2,36,37,39)/t19-,20-,21-,24-,25-,30+/m0/s1. The molecule has 48 heavy (non-hydrogen) atoms. The third-order valence-corrected chi connectivity index (χ3v) is 8.10. The summed E-state index contributed by atoms with van der Waals surface area (Å²) in [5, 5.41) is 17.5. The normalized spacial score (nSPS) is 20.0. The van der Waals surface area contributed by atoms with Crippen molar-refractivity contribution in [2.24, 2.45) is 17.8 Å². The molecule has 2 aromatic heterocycles. The molecule has 2 aromatic rings. The van der Waals surface area contributed by atoms with Gasteiger partial charge < -0.3 is 29.4 Å². The van der Waals surface area contributed by atoms with Gasteiger partial charge in [-0.15, -0.1) is 0 Å². The molecule has 2 heterocycles. The lowest BCUT2D eigenvalue weighted by Gasteiger charge is -2.37. The number of esters is 3. The number of rotatable bonds is 15. The topological polar surface area (TPSA) is 189 Å². The third-order valence-electron chi connectivity index (χ3n) is 8.10. The molecule has 1 fully saturated rings. The molecular weight excluding hydrogens is 641 g/mol. The van der Waals surface area contributed by atoms with Gasteiger partial charge in [0, 0.05) is 7.11 Å². The monoisotopic (exact) mass is 684 g/mol. The van der Waals surface area contributed by atoms with Gasteiger partial charge in [0.2, 0.25) is 5.60 Å². The molecule has 1 aliphatic carbocycles. The van der Waals surface area contributed by atoms with Crippen molar-refractivity contribution in [1.82, 2.24) is 19.9 Å². The highest BCUT2D eigenvalue weighted by Crippen LogP contribution is 2.38. The first-order valence-electron chi connectivity index (χ1n) is 15.6. The van der Waals surface area contributed by atoms with Crippen LogP contribution in [0.1, 0.15) is 72.1 Å². The van der Waals surface area contributed by atoms with Gasteiger partial charge in [-0.2, -0.15) is 23.5 Å². The number of halogens is 3. The Kier molecular flexibility index (Phi) is 13.1. The number of methoxy groups -OCH3 is 1. The molecule has 0 radical (unpaired) electrons. The maximum absolute atomic E-state index is 13.0. The maximum atomic E-state index is 13.0. The minimum atomic E-state index is -4.28. The second-order valence-corrected chi connectivity index (χ2v) is 12.3. The Morgan fingerprint density at radius 3 is 2.23 bits per heavy atom. The first-order chi connectivity index (χ1) is 22.5. The predicted molar refractivity (Wildman–Crippen MR) is 162 cm³/mol.